The lowest BCUT2D eigenvalue weighted by atomic mass is 10.2. The number of ether oxygens (including phenoxy) is 1. The molecule has 0 aliphatic heterocycles. The first-order valence-electron chi connectivity index (χ1n) is 4.83. The monoisotopic (exact) mass is 202 g/mol. The number of allylic oxidation sites excluding steroid dienone is 1. The molecule has 1 aromatic carbocycles. The first kappa shape index (κ1) is 11.4. The van der Waals surface area contributed by atoms with Gasteiger partial charge in [-0.15, -0.1) is 0 Å². The molecule has 1 rings (SSSR count). The summed E-state index contributed by atoms with van der Waals surface area (Å²) >= 11 is 0. The zero-order valence-corrected chi connectivity index (χ0v) is 8.50. The number of aldehydes is 1. The lowest BCUT2D eigenvalue weighted by Crippen LogP contribution is -1.90. The highest BCUT2D eigenvalue weighted by Gasteiger charge is 1.82. The Kier molecular flexibility index (Phi) is 5.86. The molecule has 0 fully saturated rings. The maximum absolute atomic E-state index is 9.92. The van der Waals surface area contributed by atoms with Crippen LogP contribution < -0.4 is 0 Å². The fourth-order valence-corrected chi connectivity index (χ4v) is 1.06. The number of hydrogen-bond acceptors (Lipinski definition) is 2. The topological polar surface area (TPSA) is 26.3 Å². The minimum absolute atomic E-state index is 0.470. The number of hydrogen-bond donors (Lipinski definition) is 0. The summed E-state index contributed by atoms with van der Waals surface area (Å²) in [6.07, 6.45) is 7.81. The fourth-order valence-electron chi connectivity index (χ4n) is 1.06. The smallest absolute Gasteiger partial charge is 0.142 e. The average Bonchev–Trinajstić information content (AvgIpc) is 2.29. The van der Waals surface area contributed by atoms with Gasteiger partial charge in [-0.2, -0.15) is 0 Å². The quantitative estimate of drug-likeness (QED) is 0.402. The zero-order chi connectivity index (χ0) is 10.8. The lowest BCUT2D eigenvalue weighted by Gasteiger charge is -1.94. The molecule has 0 N–H and O–H groups in total. The van der Waals surface area contributed by atoms with Crippen LogP contribution in [0.1, 0.15) is 5.56 Å². The van der Waals surface area contributed by atoms with Crippen LogP contribution in [0, 0.1) is 0 Å². The Labute approximate surface area is 89.9 Å². The van der Waals surface area contributed by atoms with Crippen molar-refractivity contribution in [2.24, 2.45) is 0 Å². The molecule has 0 radical (unpaired) electrons. The van der Waals surface area contributed by atoms with Gasteiger partial charge in [0.1, 0.15) is 6.29 Å². The van der Waals surface area contributed by atoms with Crippen molar-refractivity contribution >= 4 is 12.4 Å². The Morgan fingerprint density at radius 2 is 1.80 bits per heavy atom. The standard InChI is InChI=1S/C13H14O2/c14-10-4-5-11-15-12-6-9-13-7-2-1-3-8-13/h1-10H,11-12H2/b5-4+,9-6+. The van der Waals surface area contributed by atoms with Gasteiger partial charge in [0.15, 0.2) is 0 Å². The molecular weight excluding hydrogens is 188 g/mol. The molecule has 0 atom stereocenters. The Balaban J connectivity index is 2.17. The molecule has 2 nitrogen and oxygen atoms in total. The Bertz CT molecular complexity index is 326. The molecule has 0 heterocycles. The SMILES string of the molecule is O=C/C=C/COC/C=C/c1ccccc1. The van der Waals surface area contributed by atoms with Gasteiger partial charge in [-0.05, 0) is 11.6 Å². The van der Waals surface area contributed by atoms with Gasteiger partial charge in [-0.25, -0.2) is 0 Å². The van der Waals surface area contributed by atoms with Gasteiger partial charge in [-0.3, -0.25) is 4.79 Å². The number of carbonyl (C=O) groups excluding carboxylic acids is 1. The third-order valence-corrected chi connectivity index (χ3v) is 1.75. The van der Waals surface area contributed by atoms with E-state index in [1.807, 2.05) is 42.5 Å². The normalized spacial score (nSPS) is 11.2. The molecule has 0 saturated carbocycles. The van der Waals surface area contributed by atoms with Crippen LogP contribution in [0.5, 0.6) is 0 Å². The van der Waals surface area contributed by atoms with E-state index in [1.54, 1.807) is 6.08 Å². The van der Waals surface area contributed by atoms with E-state index in [0.29, 0.717) is 13.2 Å². The van der Waals surface area contributed by atoms with Crippen LogP contribution in [-0.4, -0.2) is 19.5 Å². The second-order valence-corrected chi connectivity index (χ2v) is 2.91. The molecule has 0 spiro atoms. The van der Waals surface area contributed by atoms with E-state index in [4.69, 9.17) is 4.74 Å². The van der Waals surface area contributed by atoms with Gasteiger partial charge in [0.05, 0.1) is 13.2 Å². The summed E-state index contributed by atoms with van der Waals surface area (Å²) in [6.45, 7) is 1.02. The summed E-state index contributed by atoms with van der Waals surface area (Å²) in [6, 6.07) is 10.0. The van der Waals surface area contributed by atoms with Crippen LogP contribution in [0.3, 0.4) is 0 Å². The summed E-state index contributed by atoms with van der Waals surface area (Å²) in [5.74, 6) is 0. The molecule has 78 valence electrons. The van der Waals surface area contributed by atoms with E-state index in [1.165, 1.54) is 6.08 Å². The molecule has 1 aromatic rings. The van der Waals surface area contributed by atoms with Crippen molar-refractivity contribution in [3.8, 4) is 0 Å². The van der Waals surface area contributed by atoms with E-state index in [-0.39, 0.29) is 0 Å². The highest BCUT2D eigenvalue weighted by molar-refractivity contribution is 5.64. The van der Waals surface area contributed by atoms with E-state index in [2.05, 4.69) is 0 Å². The van der Waals surface area contributed by atoms with Crippen molar-refractivity contribution < 1.29 is 9.53 Å². The van der Waals surface area contributed by atoms with Crippen LogP contribution in [0.4, 0.5) is 0 Å². The van der Waals surface area contributed by atoms with Gasteiger partial charge in [-0.1, -0.05) is 48.6 Å². The number of carbonyl (C=O) groups is 1. The average molecular weight is 202 g/mol. The van der Waals surface area contributed by atoms with E-state index in [9.17, 15) is 4.79 Å². The Morgan fingerprint density at radius 3 is 2.53 bits per heavy atom. The summed E-state index contributed by atoms with van der Waals surface area (Å²) < 4.78 is 5.22. The minimum Gasteiger partial charge on any atom is -0.373 e. The maximum Gasteiger partial charge on any atom is 0.142 e. The second-order valence-electron chi connectivity index (χ2n) is 2.91. The number of rotatable bonds is 6. The van der Waals surface area contributed by atoms with Gasteiger partial charge >= 0.3 is 0 Å². The lowest BCUT2D eigenvalue weighted by molar-refractivity contribution is -0.104. The predicted molar refractivity (Wildman–Crippen MR) is 61.5 cm³/mol. The third-order valence-electron chi connectivity index (χ3n) is 1.75. The first-order valence-corrected chi connectivity index (χ1v) is 4.83. The summed E-state index contributed by atoms with van der Waals surface area (Å²) in [5, 5.41) is 0. The Morgan fingerprint density at radius 1 is 1.07 bits per heavy atom. The molecule has 0 saturated heterocycles. The molecule has 0 amide bonds. The van der Waals surface area contributed by atoms with Crippen LogP contribution in [0.2, 0.25) is 0 Å². The van der Waals surface area contributed by atoms with Gasteiger partial charge < -0.3 is 4.74 Å². The zero-order valence-electron chi connectivity index (χ0n) is 8.50. The van der Waals surface area contributed by atoms with Crippen LogP contribution >= 0.6 is 0 Å². The summed E-state index contributed by atoms with van der Waals surface area (Å²) in [5.41, 5.74) is 1.16. The molecule has 0 aliphatic carbocycles. The fraction of sp³-hybridized carbons (Fsp3) is 0.154. The third kappa shape index (κ3) is 5.60. The molecule has 0 aromatic heterocycles. The second kappa shape index (κ2) is 7.71. The molecule has 2 heteroatoms. The van der Waals surface area contributed by atoms with Crippen molar-refractivity contribution in [3.05, 3.63) is 54.1 Å². The Hall–Kier alpha value is -1.67. The number of benzene rings is 1. The summed E-state index contributed by atoms with van der Waals surface area (Å²) in [4.78, 5) is 9.92. The minimum atomic E-state index is 0.470. The largest absolute Gasteiger partial charge is 0.373 e. The van der Waals surface area contributed by atoms with Crippen molar-refractivity contribution in [2.75, 3.05) is 13.2 Å². The molecular formula is C13H14O2. The molecule has 0 aliphatic rings. The highest BCUT2D eigenvalue weighted by atomic mass is 16.5. The van der Waals surface area contributed by atoms with Crippen LogP contribution in [0.15, 0.2) is 48.6 Å². The van der Waals surface area contributed by atoms with Crippen molar-refractivity contribution in [2.45, 2.75) is 0 Å². The maximum atomic E-state index is 9.92. The van der Waals surface area contributed by atoms with Crippen LogP contribution in [-0.2, 0) is 9.53 Å². The van der Waals surface area contributed by atoms with E-state index >= 15 is 0 Å². The van der Waals surface area contributed by atoms with Gasteiger partial charge in [0.2, 0.25) is 0 Å². The molecule has 15 heavy (non-hydrogen) atoms. The van der Waals surface area contributed by atoms with Gasteiger partial charge in [0, 0.05) is 0 Å². The van der Waals surface area contributed by atoms with E-state index < -0.39 is 0 Å². The molecule has 0 unspecified atom stereocenters. The van der Waals surface area contributed by atoms with Gasteiger partial charge in [0.25, 0.3) is 0 Å². The van der Waals surface area contributed by atoms with Crippen molar-refractivity contribution in [3.63, 3.8) is 0 Å². The highest BCUT2D eigenvalue weighted by Crippen LogP contribution is 2.00. The molecule has 0 bridgehead atoms. The summed E-state index contributed by atoms with van der Waals surface area (Å²) in [7, 11) is 0. The van der Waals surface area contributed by atoms with Crippen LogP contribution in [0.25, 0.3) is 6.08 Å². The van der Waals surface area contributed by atoms with E-state index in [0.717, 1.165) is 11.8 Å². The predicted octanol–water partition coefficient (Wildman–Crippen LogP) is 2.47. The van der Waals surface area contributed by atoms with Crippen molar-refractivity contribution in [1.29, 1.82) is 0 Å². The first-order chi connectivity index (χ1) is 7.43. The van der Waals surface area contributed by atoms with Crippen molar-refractivity contribution in [1.82, 2.24) is 0 Å².